The minimum atomic E-state index is -4.95. The molecule has 0 amide bonds. The number of hydrogen-bond acceptors (Lipinski definition) is 15. The molecule has 0 fully saturated rings. The van der Waals surface area contributed by atoms with Gasteiger partial charge in [-0.3, -0.25) is 37.3 Å². The number of phosphoric acid groups is 2. The number of rotatable bonds is 70. The molecule has 0 aliphatic carbocycles. The third-order valence-corrected chi connectivity index (χ3v) is 18.7. The average molecular weight is 1330 g/mol. The zero-order valence-electron chi connectivity index (χ0n) is 58.4. The number of esters is 4. The molecule has 90 heavy (non-hydrogen) atoms. The van der Waals surface area contributed by atoms with Crippen molar-refractivity contribution in [3.63, 3.8) is 0 Å². The summed E-state index contributed by atoms with van der Waals surface area (Å²) in [4.78, 5) is 72.5. The van der Waals surface area contributed by atoms with E-state index in [1.165, 1.54) is 173 Å². The first-order chi connectivity index (χ1) is 43.4. The van der Waals surface area contributed by atoms with Gasteiger partial charge >= 0.3 is 39.5 Å². The lowest BCUT2D eigenvalue weighted by Gasteiger charge is -2.21. The topological polar surface area (TPSA) is 237 Å². The molecule has 0 aromatic heterocycles. The summed E-state index contributed by atoms with van der Waals surface area (Å²) in [5.41, 5.74) is 0. The van der Waals surface area contributed by atoms with Crippen molar-refractivity contribution in [2.24, 2.45) is 11.8 Å². The van der Waals surface area contributed by atoms with Gasteiger partial charge in [0.05, 0.1) is 26.4 Å². The zero-order valence-corrected chi connectivity index (χ0v) is 60.2. The number of ether oxygens (including phenoxy) is 4. The Hall–Kier alpha value is -1.94. The molecule has 0 aromatic rings. The lowest BCUT2D eigenvalue weighted by molar-refractivity contribution is -0.161. The maximum atomic E-state index is 13.0. The van der Waals surface area contributed by atoms with Gasteiger partial charge in [-0.1, -0.05) is 311 Å². The molecule has 0 saturated heterocycles. The Labute approximate surface area is 549 Å². The molecular formula is C71H138O17P2. The molecule has 0 aromatic carbocycles. The largest absolute Gasteiger partial charge is 0.472 e. The van der Waals surface area contributed by atoms with Crippen LogP contribution in [-0.4, -0.2) is 96.7 Å². The maximum absolute atomic E-state index is 13.0. The monoisotopic (exact) mass is 1320 g/mol. The molecular weight excluding hydrogens is 1190 g/mol. The van der Waals surface area contributed by atoms with Gasteiger partial charge in [0.25, 0.3) is 0 Å². The molecule has 0 aliphatic rings. The first-order valence-electron chi connectivity index (χ1n) is 37.0. The second-order valence-electron chi connectivity index (χ2n) is 26.3. The summed E-state index contributed by atoms with van der Waals surface area (Å²) in [5, 5.41) is 10.6. The van der Waals surface area contributed by atoms with Gasteiger partial charge in [-0.25, -0.2) is 9.13 Å². The molecule has 17 nitrogen and oxygen atoms in total. The fourth-order valence-corrected chi connectivity index (χ4v) is 12.3. The van der Waals surface area contributed by atoms with Crippen LogP contribution in [0.3, 0.4) is 0 Å². The van der Waals surface area contributed by atoms with Crippen molar-refractivity contribution >= 4 is 39.5 Å². The lowest BCUT2D eigenvalue weighted by Crippen LogP contribution is -2.30. The van der Waals surface area contributed by atoms with Crippen LogP contribution in [0, 0.1) is 11.8 Å². The molecule has 0 saturated carbocycles. The summed E-state index contributed by atoms with van der Waals surface area (Å²) >= 11 is 0. The SMILES string of the molecule is CCCCCCCCCCCCCCCC(=O)OC[C@H](COP(=O)(O)OC[C@@H](O)COP(=O)(O)OC[C@@H](COC(=O)CCCCCCCCC(C)C)OC(=O)CCCCCCCCCCCC)OC(=O)CCCCCCCCCCCCCCCCC(C)CC. The van der Waals surface area contributed by atoms with E-state index in [-0.39, 0.29) is 25.7 Å². The van der Waals surface area contributed by atoms with Gasteiger partial charge in [-0.05, 0) is 37.5 Å². The predicted octanol–water partition coefficient (Wildman–Crippen LogP) is 20.4. The Balaban J connectivity index is 5.22. The average Bonchev–Trinajstić information content (AvgIpc) is 3.00. The molecule has 534 valence electrons. The van der Waals surface area contributed by atoms with Crippen LogP contribution >= 0.6 is 15.6 Å². The van der Waals surface area contributed by atoms with Crippen LogP contribution in [0.1, 0.15) is 363 Å². The first kappa shape index (κ1) is 88.1. The van der Waals surface area contributed by atoms with Crippen LogP contribution in [0.5, 0.6) is 0 Å². The molecule has 0 heterocycles. The van der Waals surface area contributed by atoms with E-state index in [2.05, 4.69) is 41.5 Å². The summed E-state index contributed by atoms with van der Waals surface area (Å²) in [5.74, 6) is -0.598. The van der Waals surface area contributed by atoms with E-state index < -0.39 is 97.5 Å². The minimum absolute atomic E-state index is 0.105. The van der Waals surface area contributed by atoms with Gasteiger partial charge in [0.2, 0.25) is 0 Å². The van der Waals surface area contributed by atoms with Crippen LogP contribution in [0.4, 0.5) is 0 Å². The highest BCUT2D eigenvalue weighted by Gasteiger charge is 2.30. The van der Waals surface area contributed by atoms with E-state index in [0.717, 1.165) is 102 Å². The number of aliphatic hydroxyl groups excluding tert-OH is 1. The smallest absolute Gasteiger partial charge is 0.462 e. The highest BCUT2D eigenvalue weighted by atomic mass is 31.2. The van der Waals surface area contributed by atoms with E-state index in [1.807, 2.05) is 0 Å². The Kier molecular flexibility index (Phi) is 61.8. The normalized spacial score (nSPS) is 14.4. The number of carbonyl (C=O) groups excluding carboxylic acids is 4. The maximum Gasteiger partial charge on any atom is 0.472 e. The van der Waals surface area contributed by atoms with Crippen LogP contribution in [0.2, 0.25) is 0 Å². The number of phosphoric ester groups is 2. The molecule has 19 heteroatoms. The van der Waals surface area contributed by atoms with Gasteiger partial charge in [0.1, 0.15) is 19.3 Å². The van der Waals surface area contributed by atoms with Crippen LogP contribution in [0.15, 0.2) is 0 Å². The van der Waals surface area contributed by atoms with Gasteiger partial charge in [-0.15, -0.1) is 0 Å². The lowest BCUT2D eigenvalue weighted by atomic mass is 9.99. The van der Waals surface area contributed by atoms with Crippen LogP contribution < -0.4 is 0 Å². The minimum Gasteiger partial charge on any atom is -0.462 e. The van der Waals surface area contributed by atoms with Gasteiger partial charge in [0.15, 0.2) is 12.2 Å². The summed E-state index contributed by atoms with van der Waals surface area (Å²) in [6.45, 7) is 9.52. The Morgan fingerprint density at radius 2 is 0.567 bits per heavy atom. The summed E-state index contributed by atoms with van der Waals surface area (Å²) in [6.07, 6.45) is 48.6. The van der Waals surface area contributed by atoms with Crippen molar-refractivity contribution in [3.8, 4) is 0 Å². The fourth-order valence-electron chi connectivity index (χ4n) is 10.7. The van der Waals surface area contributed by atoms with Crippen LogP contribution in [-0.2, 0) is 65.4 Å². The number of aliphatic hydroxyl groups is 1. The summed E-state index contributed by atoms with van der Waals surface area (Å²) in [6, 6.07) is 0. The second kappa shape index (κ2) is 63.1. The number of hydrogen-bond donors (Lipinski definition) is 3. The van der Waals surface area contributed by atoms with Crippen molar-refractivity contribution < 1.29 is 80.2 Å². The van der Waals surface area contributed by atoms with E-state index in [9.17, 15) is 43.2 Å². The van der Waals surface area contributed by atoms with Crippen molar-refractivity contribution in [2.75, 3.05) is 39.6 Å². The molecule has 0 radical (unpaired) electrons. The van der Waals surface area contributed by atoms with Crippen molar-refractivity contribution in [1.82, 2.24) is 0 Å². The van der Waals surface area contributed by atoms with E-state index in [0.29, 0.717) is 31.6 Å². The van der Waals surface area contributed by atoms with Crippen molar-refractivity contribution in [3.05, 3.63) is 0 Å². The second-order valence-corrected chi connectivity index (χ2v) is 29.3. The third-order valence-electron chi connectivity index (χ3n) is 16.8. The molecule has 0 spiro atoms. The van der Waals surface area contributed by atoms with Crippen LogP contribution in [0.25, 0.3) is 0 Å². The van der Waals surface area contributed by atoms with E-state index in [1.54, 1.807) is 0 Å². The highest BCUT2D eigenvalue weighted by Crippen LogP contribution is 2.45. The molecule has 0 rings (SSSR count). The molecule has 6 atom stereocenters. The first-order valence-corrected chi connectivity index (χ1v) is 40.0. The molecule has 0 bridgehead atoms. The van der Waals surface area contributed by atoms with Gasteiger partial charge in [-0.2, -0.15) is 0 Å². The molecule has 3 N–H and O–H groups in total. The van der Waals surface area contributed by atoms with E-state index >= 15 is 0 Å². The highest BCUT2D eigenvalue weighted by molar-refractivity contribution is 7.47. The number of carbonyl (C=O) groups is 4. The molecule has 0 aliphatic heterocycles. The quantitative estimate of drug-likeness (QED) is 0.0222. The summed E-state index contributed by atoms with van der Waals surface area (Å²) < 4.78 is 68.3. The van der Waals surface area contributed by atoms with Crippen molar-refractivity contribution in [2.45, 2.75) is 381 Å². The molecule has 3 unspecified atom stereocenters. The number of unbranched alkanes of at least 4 members (excludes halogenated alkanes) is 39. The zero-order chi connectivity index (χ0) is 66.5. The third kappa shape index (κ3) is 63.5. The van der Waals surface area contributed by atoms with Gasteiger partial charge in [0, 0.05) is 25.7 Å². The fraction of sp³-hybridized carbons (Fsp3) is 0.944. The van der Waals surface area contributed by atoms with E-state index in [4.69, 9.17) is 37.0 Å². The Bertz CT molecular complexity index is 1750. The Morgan fingerprint density at radius 3 is 0.844 bits per heavy atom. The van der Waals surface area contributed by atoms with Gasteiger partial charge < -0.3 is 33.8 Å². The summed E-state index contributed by atoms with van der Waals surface area (Å²) in [7, 11) is -9.90. The standard InChI is InChI=1S/C71H138O17P2/c1-7-10-12-14-16-18-20-23-27-31-34-41-47-53-68(73)81-59-66(87-71(76)56-50-44-36-32-28-25-22-21-24-26-29-33-40-46-52-64(6)9-3)61-85-89(77,78)83-57-65(72)58-84-90(79,80)86-62-67(60-82-69(74)54-48-42-38-37-39-45-51-63(4)5)88-70(75)55-49-43-35-30-19-17-15-13-11-8-2/h63-67,72H,7-62H2,1-6H3,(H,77,78)(H,79,80)/t64?,65-,66-,67-/m1/s1. The Morgan fingerprint density at radius 1 is 0.322 bits per heavy atom. The van der Waals surface area contributed by atoms with Crippen molar-refractivity contribution in [1.29, 1.82) is 0 Å². The predicted molar refractivity (Wildman–Crippen MR) is 363 cm³/mol.